The number of benzene rings is 1. The average molecular weight is 324 g/mol. The van der Waals surface area contributed by atoms with E-state index in [1.165, 1.54) is 0 Å². The van der Waals surface area contributed by atoms with Crippen molar-refractivity contribution >= 4 is 12.1 Å². The van der Waals surface area contributed by atoms with Crippen molar-refractivity contribution in [3.8, 4) is 0 Å². The van der Waals surface area contributed by atoms with Crippen molar-refractivity contribution in [2.45, 2.75) is 18.9 Å². The molecule has 5 heteroatoms. The van der Waals surface area contributed by atoms with E-state index in [0.717, 1.165) is 24.2 Å². The topological polar surface area (TPSA) is 50.2 Å². The maximum absolute atomic E-state index is 12.5. The Labute approximate surface area is 143 Å². The third kappa shape index (κ3) is 4.04. The molecule has 0 aliphatic heterocycles. The second kappa shape index (κ2) is 7.34. The Morgan fingerprint density at radius 2 is 2.17 bits per heavy atom. The summed E-state index contributed by atoms with van der Waals surface area (Å²) in [5.41, 5.74) is 1.13. The highest BCUT2D eigenvalue weighted by Gasteiger charge is 2.36. The Hall–Kier alpha value is -2.56. The summed E-state index contributed by atoms with van der Waals surface area (Å²) < 4.78 is 1.98. The van der Waals surface area contributed by atoms with Gasteiger partial charge >= 0.3 is 6.03 Å². The van der Waals surface area contributed by atoms with E-state index in [1.54, 1.807) is 11.1 Å². The van der Waals surface area contributed by atoms with Crippen molar-refractivity contribution in [3.05, 3.63) is 60.2 Å². The second-order valence-electron chi connectivity index (χ2n) is 6.35. The lowest BCUT2D eigenvalue weighted by Gasteiger charge is -2.22. The van der Waals surface area contributed by atoms with Crippen LogP contribution in [0.2, 0.25) is 0 Å². The van der Waals surface area contributed by atoms with Gasteiger partial charge in [0.25, 0.3) is 0 Å². The zero-order chi connectivity index (χ0) is 16.9. The first-order chi connectivity index (χ1) is 11.6. The van der Waals surface area contributed by atoms with Crippen molar-refractivity contribution < 1.29 is 4.79 Å². The SMILES string of the molecule is CN(CC=Cc1ccccc1)C(=O)NC(c1nccn1C)C1CC1. The Bertz CT molecular complexity index is 703. The Kier molecular flexibility index (Phi) is 4.99. The number of hydrogen-bond donors (Lipinski definition) is 1. The third-order valence-electron chi connectivity index (χ3n) is 4.34. The molecule has 1 saturated carbocycles. The minimum absolute atomic E-state index is 0.00180. The summed E-state index contributed by atoms with van der Waals surface area (Å²) in [5, 5.41) is 3.14. The van der Waals surface area contributed by atoms with Crippen LogP contribution in [0.15, 0.2) is 48.8 Å². The molecule has 0 spiro atoms. The normalized spacial score (nSPS) is 15.4. The summed E-state index contributed by atoms with van der Waals surface area (Å²) in [5.74, 6) is 1.43. The standard InChI is InChI=1S/C19H24N4O/c1-22-14-12-20-18(22)17(16-10-11-16)21-19(24)23(2)13-6-9-15-7-4-3-5-8-15/h3-9,12,14,16-17H,10-11,13H2,1-2H3,(H,21,24). The summed E-state index contributed by atoms with van der Waals surface area (Å²) >= 11 is 0. The van der Waals surface area contributed by atoms with Gasteiger partial charge in [0.2, 0.25) is 0 Å². The summed E-state index contributed by atoms with van der Waals surface area (Å²) in [6.07, 6.45) is 10.0. The fraction of sp³-hybridized carbons (Fsp3) is 0.368. The van der Waals surface area contributed by atoms with E-state index in [-0.39, 0.29) is 12.1 Å². The Morgan fingerprint density at radius 1 is 1.42 bits per heavy atom. The second-order valence-corrected chi connectivity index (χ2v) is 6.35. The molecule has 1 aromatic heterocycles. The molecule has 1 aliphatic carbocycles. The first kappa shape index (κ1) is 16.3. The number of carbonyl (C=O) groups excluding carboxylic acids is 1. The molecule has 1 aromatic carbocycles. The van der Waals surface area contributed by atoms with Crippen LogP contribution in [-0.4, -0.2) is 34.1 Å². The van der Waals surface area contributed by atoms with Gasteiger partial charge in [-0.2, -0.15) is 0 Å². The lowest BCUT2D eigenvalue weighted by Crippen LogP contribution is -2.40. The summed E-state index contributed by atoms with van der Waals surface area (Å²) in [6, 6.07) is 10.0. The third-order valence-corrected chi connectivity index (χ3v) is 4.34. The molecule has 0 saturated heterocycles. The van der Waals surface area contributed by atoms with Gasteiger partial charge in [0, 0.05) is 33.0 Å². The number of aryl methyl sites for hydroxylation is 1. The molecule has 2 amide bonds. The number of rotatable bonds is 6. The fourth-order valence-electron chi connectivity index (χ4n) is 2.74. The lowest BCUT2D eigenvalue weighted by atomic mass is 10.1. The van der Waals surface area contributed by atoms with E-state index in [1.807, 2.05) is 67.3 Å². The molecule has 0 radical (unpaired) electrons. The van der Waals surface area contributed by atoms with Crippen LogP contribution in [-0.2, 0) is 7.05 Å². The fourth-order valence-corrected chi connectivity index (χ4v) is 2.74. The largest absolute Gasteiger partial charge is 0.336 e. The van der Waals surface area contributed by atoms with Crippen LogP contribution in [0.3, 0.4) is 0 Å². The van der Waals surface area contributed by atoms with Gasteiger partial charge in [0.15, 0.2) is 0 Å². The molecule has 126 valence electrons. The first-order valence-corrected chi connectivity index (χ1v) is 8.35. The number of amides is 2. The van der Waals surface area contributed by atoms with Crippen LogP contribution in [0.25, 0.3) is 6.08 Å². The van der Waals surface area contributed by atoms with Crippen molar-refractivity contribution in [2.24, 2.45) is 13.0 Å². The molecule has 2 aromatic rings. The molecule has 5 nitrogen and oxygen atoms in total. The highest BCUT2D eigenvalue weighted by molar-refractivity contribution is 5.74. The zero-order valence-corrected chi connectivity index (χ0v) is 14.2. The molecule has 1 unspecified atom stereocenters. The van der Waals surface area contributed by atoms with Gasteiger partial charge in [0.05, 0.1) is 6.04 Å². The van der Waals surface area contributed by atoms with E-state index in [9.17, 15) is 4.79 Å². The van der Waals surface area contributed by atoms with Crippen LogP contribution in [0.1, 0.15) is 30.3 Å². The van der Waals surface area contributed by atoms with E-state index >= 15 is 0 Å². The van der Waals surface area contributed by atoms with Gasteiger partial charge in [-0.3, -0.25) is 0 Å². The highest BCUT2D eigenvalue weighted by atomic mass is 16.2. The van der Waals surface area contributed by atoms with E-state index in [0.29, 0.717) is 12.5 Å². The predicted octanol–water partition coefficient (Wildman–Crippen LogP) is 3.23. The molecule has 0 bridgehead atoms. The molecule has 3 rings (SSSR count). The molecule has 1 aliphatic rings. The Morgan fingerprint density at radius 3 is 2.79 bits per heavy atom. The number of carbonyl (C=O) groups is 1. The van der Waals surface area contributed by atoms with Crippen molar-refractivity contribution in [3.63, 3.8) is 0 Å². The number of nitrogens with zero attached hydrogens (tertiary/aromatic N) is 3. The molecule has 24 heavy (non-hydrogen) atoms. The van der Waals surface area contributed by atoms with E-state index in [2.05, 4.69) is 10.3 Å². The zero-order valence-electron chi connectivity index (χ0n) is 14.2. The van der Waals surface area contributed by atoms with Crippen molar-refractivity contribution in [1.29, 1.82) is 0 Å². The van der Waals surface area contributed by atoms with Gasteiger partial charge in [0.1, 0.15) is 5.82 Å². The average Bonchev–Trinajstić information content (AvgIpc) is 3.35. The summed E-state index contributed by atoms with van der Waals surface area (Å²) in [6.45, 7) is 0.568. The van der Waals surface area contributed by atoms with Gasteiger partial charge in [-0.15, -0.1) is 0 Å². The van der Waals surface area contributed by atoms with Gasteiger partial charge in [-0.05, 0) is 24.3 Å². The van der Waals surface area contributed by atoms with Crippen LogP contribution < -0.4 is 5.32 Å². The molecular weight excluding hydrogens is 300 g/mol. The van der Waals surface area contributed by atoms with Crippen LogP contribution in [0.5, 0.6) is 0 Å². The minimum atomic E-state index is -0.0624. The monoisotopic (exact) mass is 324 g/mol. The number of imidazole rings is 1. The van der Waals surface area contributed by atoms with Gasteiger partial charge in [-0.1, -0.05) is 42.5 Å². The minimum Gasteiger partial charge on any atom is -0.336 e. The van der Waals surface area contributed by atoms with Crippen LogP contribution in [0, 0.1) is 5.92 Å². The number of hydrogen-bond acceptors (Lipinski definition) is 2. The summed E-state index contributed by atoms with van der Waals surface area (Å²) in [4.78, 5) is 18.6. The van der Waals surface area contributed by atoms with E-state index in [4.69, 9.17) is 0 Å². The number of aromatic nitrogens is 2. The van der Waals surface area contributed by atoms with E-state index < -0.39 is 0 Å². The van der Waals surface area contributed by atoms with Gasteiger partial charge < -0.3 is 14.8 Å². The lowest BCUT2D eigenvalue weighted by molar-refractivity contribution is 0.206. The first-order valence-electron chi connectivity index (χ1n) is 8.35. The molecular formula is C19H24N4O. The maximum Gasteiger partial charge on any atom is 0.318 e. The van der Waals surface area contributed by atoms with Gasteiger partial charge in [-0.25, -0.2) is 9.78 Å². The Balaban J connectivity index is 1.57. The summed E-state index contributed by atoms with van der Waals surface area (Å²) in [7, 11) is 3.78. The smallest absolute Gasteiger partial charge is 0.318 e. The molecule has 1 heterocycles. The molecule has 1 N–H and O–H groups in total. The predicted molar refractivity (Wildman–Crippen MR) is 95.3 cm³/mol. The highest BCUT2D eigenvalue weighted by Crippen LogP contribution is 2.40. The van der Waals surface area contributed by atoms with Crippen molar-refractivity contribution in [2.75, 3.05) is 13.6 Å². The molecule has 1 atom stereocenters. The number of nitrogens with one attached hydrogen (secondary N) is 1. The number of urea groups is 1. The van der Waals surface area contributed by atoms with Crippen LogP contribution in [0.4, 0.5) is 4.79 Å². The quantitative estimate of drug-likeness (QED) is 0.887. The van der Waals surface area contributed by atoms with Crippen LogP contribution >= 0.6 is 0 Å². The molecule has 1 fully saturated rings. The maximum atomic E-state index is 12.5. The number of likely N-dealkylation sites (N-methyl/N-ethyl adjacent to an activating group) is 1. The van der Waals surface area contributed by atoms with Crippen molar-refractivity contribution in [1.82, 2.24) is 19.8 Å².